The summed E-state index contributed by atoms with van der Waals surface area (Å²) in [5.74, 6) is -0.821. The summed E-state index contributed by atoms with van der Waals surface area (Å²) in [6.07, 6.45) is 0. The molecule has 0 saturated carbocycles. The average molecular weight is 337 g/mol. The zero-order chi connectivity index (χ0) is 14.7. The van der Waals surface area contributed by atoms with Crippen molar-refractivity contribution >= 4 is 27.7 Å². The molecule has 0 saturated heterocycles. The second kappa shape index (κ2) is 5.87. The molecule has 2 rings (SSSR count). The molecule has 0 fully saturated rings. The van der Waals surface area contributed by atoms with Gasteiger partial charge < -0.3 is 0 Å². The Kier molecular flexibility index (Phi) is 4.19. The maximum Gasteiger partial charge on any atom is 0.287 e. The summed E-state index contributed by atoms with van der Waals surface area (Å²) in [6, 6.07) is 8.59. The minimum absolute atomic E-state index is 0.370. The number of hydrogen-bond donors (Lipinski definition) is 2. The van der Waals surface area contributed by atoms with E-state index < -0.39 is 11.8 Å². The third-order valence-electron chi connectivity index (χ3n) is 2.64. The molecule has 20 heavy (non-hydrogen) atoms. The smallest absolute Gasteiger partial charge is 0.267 e. The number of aryl methyl sites for hydroxylation is 2. The fraction of sp³-hybridized carbons (Fsp3) is 0.154. The summed E-state index contributed by atoms with van der Waals surface area (Å²) in [5.41, 5.74) is 6.26. The Morgan fingerprint density at radius 1 is 1.20 bits per heavy atom. The van der Waals surface area contributed by atoms with Gasteiger partial charge in [0.1, 0.15) is 5.69 Å². The highest BCUT2D eigenvalue weighted by Gasteiger charge is 2.14. The van der Waals surface area contributed by atoms with Crippen molar-refractivity contribution in [2.24, 2.45) is 7.05 Å². The van der Waals surface area contributed by atoms with Crippen LogP contribution in [-0.4, -0.2) is 21.6 Å². The van der Waals surface area contributed by atoms with E-state index in [1.807, 2.05) is 0 Å². The monoisotopic (exact) mass is 336 g/mol. The SMILES string of the molecule is Cc1cc(C(=O)NNC(=O)c2ccccc2Br)n(C)n1. The molecule has 0 aliphatic rings. The Hall–Kier alpha value is -2.15. The fourth-order valence-corrected chi connectivity index (χ4v) is 2.18. The molecule has 0 aliphatic heterocycles. The first-order valence-electron chi connectivity index (χ1n) is 5.85. The van der Waals surface area contributed by atoms with Gasteiger partial charge >= 0.3 is 0 Å². The lowest BCUT2D eigenvalue weighted by Crippen LogP contribution is -2.42. The Morgan fingerprint density at radius 2 is 1.85 bits per heavy atom. The summed E-state index contributed by atoms with van der Waals surface area (Å²) < 4.78 is 2.11. The first-order chi connectivity index (χ1) is 9.49. The minimum Gasteiger partial charge on any atom is -0.267 e. The molecule has 6 nitrogen and oxygen atoms in total. The van der Waals surface area contributed by atoms with Crippen LogP contribution in [0.4, 0.5) is 0 Å². The molecule has 0 bridgehead atoms. The van der Waals surface area contributed by atoms with Gasteiger partial charge in [0.2, 0.25) is 0 Å². The molecule has 0 spiro atoms. The van der Waals surface area contributed by atoms with Crippen LogP contribution in [0.15, 0.2) is 34.8 Å². The molecule has 2 amide bonds. The number of nitrogens with zero attached hydrogens (tertiary/aromatic N) is 2. The van der Waals surface area contributed by atoms with Gasteiger partial charge in [-0.25, -0.2) is 0 Å². The standard InChI is InChI=1S/C13H13BrN4O2/c1-8-7-11(18(2)17-8)13(20)16-15-12(19)9-5-3-4-6-10(9)14/h3-7H,1-2H3,(H,15,19)(H,16,20). The molecule has 1 heterocycles. The summed E-state index contributed by atoms with van der Waals surface area (Å²) >= 11 is 3.28. The van der Waals surface area contributed by atoms with E-state index in [2.05, 4.69) is 31.9 Å². The number of carbonyl (C=O) groups excluding carboxylic acids is 2. The number of carbonyl (C=O) groups is 2. The molecular weight excluding hydrogens is 324 g/mol. The Labute approximate surface area is 124 Å². The topological polar surface area (TPSA) is 76.0 Å². The number of benzene rings is 1. The summed E-state index contributed by atoms with van der Waals surface area (Å²) in [4.78, 5) is 23.8. The van der Waals surface area contributed by atoms with Crippen LogP contribution in [0.25, 0.3) is 0 Å². The molecule has 2 N–H and O–H groups in total. The van der Waals surface area contributed by atoms with Gasteiger partial charge in [0.15, 0.2) is 0 Å². The number of rotatable bonds is 2. The number of amides is 2. The molecule has 1 aromatic carbocycles. The van der Waals surface area contributed by atoms with E-state index in [1.165, 1.54) is 4.68 Å². The van der Waals surface area contributed by atoms with Crippen molar-refractivity contribution in [1.29, 1.82) is 0 Å². The predicted octanol–water partition coefficient (Wildman–Crippen LogP) is 1.57. The maximum atomic E-state index is 11.9. The van der Waals surface area contributed by atoms with Crippen LogP contribution in [0.1, 0.15) is 26.5 Å². The van der Waals surface area contributed by atoms with Gasteiger partial charge in [-0.2, -0.15) is 5.10 Å². The second-order valence-electron chi connectivity index (χ2n) is 4.18. The normalized spacial score (nSPS) is 10.2. The van der Waals surface area contributed by atoms with E-state index in [-0.39, 0.29) is 0 Å². The Balaban J connectivity index is 2.02. The van der Waals surface area contributed by atoms with Gasteiger partial charge in [-0.3, -0.25) is 25.1 Å². The van der Waals surface area contributed by atoms with Gasteiger partial charge in [0.25, 0.3) is 11.8 Å². The number of nitrogens with one attached hydrogen (secondary N) is 2. The van der Waals surface area contributed by atoms with Crippen molar-refractivity contribution in [3.63, 3.8) is 0 Å². The van der Waals surface area contributed by atoms with Crippen molar-refractivity contribution < 1.29 is 9.59 Å². The van der Waals surface area contributed by atoms with Gasteiger partial charge in [0.05, 0.1) is 11.3 Å². The first kappa shape index (κ1) is 14.3. The molecule has 0 radical (unpaired) electrons. The highest BCUT2D eigenvalue weighted by atomic mass is 79.9. The quantitative estimate of drug-likeness (QED) is 0.817. The van der Waals surface area contributed by atoms with Crippen LogP contribution in [0.2, 0.25) is 0 Å². The van der Waals surface area contributed by atoms with Crippen molar-refractivity contribution in [2.75, 3.05) is 0 Å². The predicted molar refractivity (Wildman–Crippen MR) is 77.0 cm³/mol. The maximum absolute atomic E-state index is 11.9. The number of halogens is 1. The molecule has 1 aromatic heterocycles. The van der Waals surface area contributed by atoms with Crippen LogP contribution < -0.4 is 10.9 Å². The van der Waals surface area contributed by atoms with Crippen LogP contribution in [-0.2, 0) is 7.05 Å². The summed E-state index contributed by atoms with van der Waals surface area (Å²) in [6.45, 7) is 1.79. The van der Waals surface area contributed by atoms with Gasteiger partial charge in [-0.05, 0) is 41.1 Å². The van der Waals surface area contributed by atoms with E-state index in [4.69, 9.17) is 0 Å². The summed E-state index contributed by atoms with van der Waals surface area (Å²) in [7, 11) is 1.66. The molecule has 104 valence electrons. The first-order valence-corrected chi connectivity index (χ1v) is 6.64. The number of hydrazine groups is 1. The van der Waals surface area contributed by atoms with E-state index in [9.17, 15) is 9.59 Å². The molecule has 0 aliphatic carbocycles. The van der Waals surface area contributed by atoms with Crippen molar-refractivity contribution in [3.8, 4) is 0 Å². The van der Waals surface area contributed by atoms with Crippen LogP contribution in [0.5, 0.6) is 0 Å². The third kappa shape index (κ3) is 3.05. The Bertz CT molecular complexity index is 666. The van der Waals surface area contributed by atoms with Crippen molar-refractivity contribution in [1.82, 2.24) is 20.6 Å². The lowest BCUT2D eigenvalue weighted by Gasteiger charge is -2.08. The molecular formula is C13H13BrN4O2. The van der Waals surface area contributed by atoms with Crippen LogP contribution >= 0.6 is 15.9 Å². The van der Waals surface area contributed by atoms with E-state index in [0.29, 0.717) is 15.7 Å². The van der Waals surface area contributed by atoms with Crippen LogP contribution in [0.3, 0.4) is 0 Å². The van der Waals surface area contributed by atoms with E-state index >= 15 is 0 Å². The Morgan fingerprint density at radius 3 is 2.45 bits per heavy atom. The number of aromatic nitrogens is 2. The zero-order valence-corrected chi connectivity index (χ0v) is 12.6. The molecule has 0 atom stereocenters. The summed E-state index contributed by atoms with van der Waals surface area (Å²) in [5, 5.41) is 4.07. The fourth-order valence-electron chi connectivity index (χ4n) is 1.71. The van der Waals surface area contributed by atoms with E-state index in [0.717, 1.165) is 5.69 Å². The molecule has 0 unspecified atom stereocenters. The molecule has 2 aromatic rings. The van der Waals surface area contributed by atoms with Crippen molar-refractivity contribution in [3.05, 3.63) is 51.8 Å². The highest BCUT2D eigenvalue weighted by Crippen LogP contribution is 2.15. The van der Waals surface area contributed by atoms with Gasteiger partial charge in [0, 0.05) is 11.5 Å². The molecule has 7 heteroatoms. The minimum atomic E-state index is -0.423. The van der Waals surface area contributed by atoms with Crippen molar-refractivity contribution in [2.45, 2.75) is 6.92 Å². The van der Waals surface area contributed by atoms with E-state index in [1.54, 1.807) is 44.3 Å². The second-order valence-corrected chi connectivity index (χ2v) is 5.04. The number of hydrogen-bond acceptors (Lipinski definition) is 3. The zero-order valence-electron chi connectivity index (χ0n) is 11.0. The third-order valence-corrected chi connectivity index (χ3v) is 3.33. The van der Waals surface area contributed by atoms with Crippen LogP contribution in [0, 0.1) is 6.92 Å². The average Bonchev–Trinajstić information content (AvgIpc) is 2.75. The van der Waals surface area contributed by atoms with Gasteiger partial charge in [-0.15, -0.1) is 0 Å². The highest BCUT2D eigenvalue weighted by molar-refractivity contribution is 9.10. The largest absolute Gasteiger partial charge is 0.287 e. The van der Waals surface area contributed by atoms with Gasteiger partial charge in [-0.1, -0.05) is 12.1 Å². The lowest BCUT2D eigenvalue weighted by atomic mass is 10.2. The lowest BCUT2D eigenvalue weighted by molar-refractivity contribution is 0.0841.